The maximum atomic E-state index is 12.3. The van der Waals surface area contributed by atoms with Crippen LogP contribution in [0.1, 0.15) is 40.6 Å². The largest absolute Gasteiger partial charge is 0.325 e. The van der Waals surface area contributed by atoms with E-state index in [2.05, 4.69) is 45.9 Å². The SMILES string of the molecule is Cc1ccccc1NC(=O)Cc1nc(CN2CCC(c3ccccc3)CC2)cs1. The molecule has 0 spiro atoms. The van der Waals surface area contributed by atoms with Crippen LogP contribution < -0.4 is 5.32 Å². The standard InChI is InChI=1S/C24H27N3OS/c1-18-7-5-6-10-22(18)26-23(28)15-24-25-21(17-29-24)16-27-13-11-20(12-14-27)19-8-3-2-4-9-19/h2-10,17,20H,11-16H2,1H3,(H,26,28). The van der Waals surface area contributed by atoms with Crippen LogP contribution in [0.5, 0.6) is 0 Å². The molecule has 1 aromatic heterocycles. The quantitative estimate of drug-likeness (QED) is 0.627. The van der Waals surface area contributed by atoms with E-state index in [-0.39, 0.29) is 5.91 Å². The van der Waals surface area contributed by atoms with Crippen molar-refractivity contribution in [3.8, 4) is 0 Å². The summed E-state index contributed by atoms with van der Waals surface area (Å²) < 4.78 is 0. The zero-order valence-corrected chi connectivity index (χ0v) is 17.6. The summed E-state index contributed by atoms with van der Waals surface area (Å²) in [7, 11) is 0. The number of aromatic nitrogens is 1. The number of rotatable bonds is 6. The minimum absolute atomic E-state index is 0.0103. The molecule has 1 amide bonds. The van der Waals surface area contributed by atoms with Crippen LogP contribution in [-0.4, -0.2) is 28.9 Å². The zero-order valence-electron chi connectivity index (χ0n) is 16.8. The Bertz CT molecular complexity index is 946. The van der Waals surface area contributed by atoms with E-state index in [4.69, 9.17) is 4.98 Å². The van der Waals surface area contributed by atoms with Crippen LogP contribution in [-0.2, 0) is 17.8 Å². The number of thiazole rings is 1. The average molecular weight is 406 g/mol. The Morgan fingerprint density at radius 3 is 2.59 bits per heavy atom. The highest BCUT2D eigenvalue weighted by atomic mass is 32.1. The van der Waals surface area contributed by atoms with Gasteiger partial charge in [0, 0.05) is 17.6 Å². The molecule has 0 aliphatic carbocycles. The number of nitrogens with one attached hydrogen (secondary N) is 1. The van der Waals surface area contributed by atoms with Gasteiger partial charge in [-0.25, -0.2) is 4.98 Å². The number of para-hydroxylation sites is 1. The van der Waals surface area contributed by atoms with E-state index in [9.17, 15) is 4.79 Å². The van der Waals surface area contributed by atoms with Crippen molar-refractivity contribution in [1.82, 2.24) is 9.88 Å². The number of hydrogen-bond donors (Lipinski definition) is 1. The topological polar surface area (TPSA) is 45.2 Å². The molecule has 0 bridgehead atoms. The molecule has 0 unspecified atom stereocenters. The van der Waals surface area contributed by atoms with Crippen molar-refractivity contribution < 1.29 is 4.79 Å². The molecule has 0 atom stereocenters. The molecule has 2 heterocycles. The third-order valence-corrected chi connectivity index (χ3v) is 6.47. The lowest BCUT2D eigenvalue weighted by molar-refractivity contribution is -0.115. The first-order valence-corrected chi connectivity index (χ1v) is 11.1. The van der Waals surface area contributed by atoms with E-state index in [1.807, 2.05) is 31.2 Å². The summed E-state index contributed by atoms with van der Waals surface area (Å²) in [5, 5.41) is 5.96. The molecular weight excluding hydrogens is 378 g/mol. The lowest BCUT2D eigenvalue weighted by Crippen LogP contribution is -2.32. The third-order valence-electron chi connectivity index (χ3n) is 5.57. The molecule has 0 saturated carbocycles. The number of likely N-dealkylation sites (tertiary alicyclic amines) is 1. The summed E-state index contributed by atoms with van der Waals surface area (Å²) in [4.78, 5) is 19.5. The highest BCUT2D eigenvalue weighted by Crippen LogP contribution is 2.28. The van der Waals surface area contributed by atoms with Gasteiger partial charge < -0.3 is 5.32 Å². The van der Waals surface area contributed by atoms with Crippen LogP contribution in [0.4, 0.5) is 5.69 Å². The van der Waals surface area contributed by atoms with Gasteiger partial charge in [0.15, 0.2) is 0 Å². The Morgan fingerprint density at radius 1 is 1.10 bits per heavy atom. The molecule has 0 radical (unpaired) electrons. The second-order valence-corrected chi connectivity index (χ2v) is 8.68. The van der Waals surface area contributed by atoms with Crippen molar-refractivity contribution in [3.63, 3.8) is 0 Å². The van der Waals surface area contributed by atoms with Crippen LogP contribution >= 0.6 is 11.3 Å². The van der Waals surface area contributed by atoms with Crippen LogP contribution in [0, 0.1) is 6.92 Å². The van der Waals surface area contributed by atoms with Crippen molar-refractivity contribution in [2.24, 2.45) is 0 Å². The van der Waals surface area contributed by atoms with Crippen LogP contribution in [0.3, 0.4) is 0 Å². The highest BCUT2D eigenvalue weighted by Gasteiger charge is 2.21. The van der Waals surface area contributed by atoms with E-state index in [0.717, 1.165) is 41.6 Å². The Balaban J connectivity index is 1.26. The minimum Gasteiger partial charge on any atom is -0.325 e. The Morgan fingerprint density at radius 2 is 1.83 bits per heavy atom. The lowest BCUT2D eigenvalue weighted by atomic mass is 9.89. The van der Waals surface area contributed by atoms with Gasteiger partial charge in [-0.2, -0.15) is 0 Å². The number of carbonyl (C=O) groups is 1. The molecule has 4 rings (SSSR count). The van der Waals surface area contributed by atoms with Gasteiger partial charge in [0.05, 0.1) is 12.1 Å². The van der Waals surface area contributed by atoms with Gasteiger partial charge in [-0.05, 0) is 56.0 Å². The number of nitrogens with zero attached hydrogens (tertiary/aromatic N) is 2. The summed E-state index contributed by atoms with van der Waals surface area (Å²) in [6.07, 6.45) is 2.72. The van der Waals surface area contributed by atoms with Gasteiger partial charge in [-0.1, -0.05) is 48.5 Å². The first-order chi connectivity index (χ1) is 14.2. The fourth-order valence-electron chi connectivity index (χ4n) is 3.93. The predicted molar refractivity (Wildman–Crippen MR) is 119 cm³/mol. The highest BCUT2D eigenvalue weighted by molar-refractivity contribution is 7.09. The van der Waals surface area contributed by atoms with E-state index < -0.39 is 0 Å². The molecule has 29 heavy (non-hydrogen) atoms. The van der Waals surface area contributed by atoms with E-state index in [1.54, 1.807) is 11.3 Å². The van der Waals surface area contributed by atoms with Crippen molar-refractivity contribution in [1.29, 1.82) is 0 Å². The summed E-state index contributed by atoms with van der Waals surface area (Å²) in [5.41, 5.74) is 4.48. The third kappa shape index (κ3) is 5.31. The fraction of sp³-hybridized carbons (Fsp3) is 0.333. The van der Waals surface area contributed by atoms with Gasteiger partial charge in [-0.3, -0.25) is 9.69 Å². The first-order valence-electron chi connectivity index (χ1n) is 10.2. The maximum Gasteiger partial charge on any atom is 0.231 e. The fourth-order valence-corrected chi connectivity index (χ4v) is 4.71. The van der Waals surface area contributed by atoms with Crippen molar-refractivity contribution in [3.05, 3.63) is 81.8 Å². The molecule has 1 N–H and O–H groups in total. The second-order valence-electron chi connectivity index (χ2n) is 7.73. The normalized spacial score (nSPS) is 15.3. The Hall–Kier alpha value is -2.50. The van der Waals surface area contributed by atoms with E-state index >= 15 is 0 Å². The van der Waals surface area contributed by atoms with Gasteiger partial charge >= 0.3 is 0 Å². The number of benzene rings is 2. The molecular formula is C24H27N3OS. The Labute approximate surface area is 176 Å². The summed E-state index contributed by atoms with van der Waals surface area (Å²) in [6.45, 7) is 5.07. The number of piperidine rings is 1. The molecule has 1 saturated heterocycles. The number of hydrogen-bond acceptors (Lipinski definition) is 4. The zero-order chi connectivity index (χ0) is 20.1. The average Bonchev–Trinajstić information content (AvgIpc) is 3.17. The molecule has 1 aliphatic rings. The van der Waals surface area contributed by atoms with Gasteiger partial charge in [-0.15, -0.1) is 11.3 Å². The van der Waals surface area contributed by atoms with Crippen LogP contribution in [0.2, 0.25) is 0 Å². The molecule has 1 aliphatic heterocycles. The lowest BCUT2D eigenvalue weighted by Gasteiger charge is -2.31. The van der Waals surface area contributed by atoms with Crippen molar-refractivity contribution >= 4 is 22.9 Å². The van der Waals surface area contributed by atoms with Crippen molar-refractivity contribution in [2.75, 3.05) is 18.4 Å². The predicted octanol–water partition coefficient (Wildman–Crippen LogP) is 5.01. The van der Waals surface area contributed by atoms with Crippen LogP contribution in [0.25, 0.3) is 0 Å². The second kappa shape index (κ2) is 9.33. The molecule has 3 aromatic rings. The minimum atomic E-state index is -0.0103. The number of anilines is 1. The summed E-state index contributed by atoms with van der Waals surface area (Å²) >= 11 is 1.58. The van der Waals surface area contributed by atoms with Gasteiger partial charge in [0.2, 0.25) is 5.91 Å². The van der Waals surface area contributed by atoms with Gasteiger partial charge in [0.25, 0.3) is 0 Å². The number of aryl methyl sites for hydroxylation is 1. The molecule has 4 nitrogen and oxygen atoms in total. The summed E-state index contributed by atoms with van der Waals surface area (Å²) in [5.74, 6) is 0.660. The molecule has 1 fully saturated rings. The monoisotopic (exact) mass is 405 g/mol. The summed E-state index contributed by atoms with van der Waals surface area (Å²) in [6, 6.07) is 18.7. The first kappa shape index (κ1) is 19.8. The van der Waals surface area contributed by atoms with E-state index in [1.165, 1.54) is 18.4 Å². The van der Waals surface area contributed by atoms with Gasteiger partial charge in [0.1, 0.15) is 5.01 Å². The molecule has 150 valence electrons. The van der Waals surface area contributed by atoms with Crippen molar-refractivity contribution in [2.45, 2.75) is 38.6 Å². The van der Waals surface area contributed by atoms with E-state index in [0.29, 0.717) is 12.3 Å². The molecule has 2 aromatic carbocycles. The number of carbonyl (C=O) groups excluding carboxylic acids is 1. The maximum absolute atomic E-state index is 12.3. The molecule has 5 heteroatoms. The van der Waals surface area contributed by atoms with Crippen LogP contribution in [0.15, 0.2) is 60.0 Å². The smallest absolute Gasteiger partial charge is 0.231 e. The Kier molecular flexibility index (Phi) is 6.37. The number of amides is 1.